The lowest BCUT2D eigenvalue weighted by Crippen LogP contribution is -2.46. The van der Waals surface area contributed by atoms with Crippen molar-refractivity contribution in [3.63, 3.8) is 0 Å². The summed E-state index contributed by atoms with van der Waals surface area (Å²) in [4.78, 5) is 41.3. The SMILES string of the molecule is CCS(=O)(=O)c1ccc(CNC(=O)c2cnc(N3CC(c4ccc(C(F)(F)F)cc4)CC[C@H]3CC(=O)N(C)OC)nc2)cc1. The molecule has 10 nitrogen and oxygen atoms in total. The van der Waals surface area contributed by atoms with Crippen molar-refractivity contribution in [3.8, 4) is 0 Å². The highest BCUT2D eigenvalue weighted by atomic mass is 32.2. The molecule has 1 N–H and O–H groups in total. The number of carbonyl (C=O) groups is 2. The van der Waals surface area contributed by atoms with Crippen LogP contribution in [0, 0.1) is 0 Å². The summed E-state index contributed by atoms with van der Waals surface area (Å²) >= 11 is 0. The van der Waals surface area contributed by atoms with Gasteiger partial charge in [-0.2, -0.15) is 13.2 Å². The molecule has 44 heavy (non-hydrogen) atoms. The maximum Gasteiger partial charge on any atom is 0.416 e. The zero-order valence-electron chi connectivity index (χ0n) is 24.5. The average molecular weight is 634 g/mol. The van der Waals surface area contributed by atoms with Crippen molar-refractivity contribution < 1.29 is 36.0 Å². The number of sulfone groups is 1. The van der Waals surface area contributed by atoms with Gasteiger partial charge in [-0.15, -0.1) is 0 Å². The van der Waals surface area contributed by atoms with Gasteiger partial charge in [0.1, 0.15) is 0 Å². The summed E-state index contributed by atoms with van der Waals surface area (Å²) in [5.74, 6) is -0.547. The van der Waals surface area contributed by atoms with Crippen molar-refractivity contribution in [2.45, 2.75) is 55.8 Å². The van der Waals surface area contributed by atoms with Gasteiger partial charge in [0.05, 0.1) is 28.9 Å². The van der Waals surface area contributed by atoms with Crippen LogP contribution in [0.5, 0.6) is 0 Å². The van der Waals surface area contributed by atoms with Gasteiger partial charge in [-0.05, 0) is 48.2 Å². The number of nitrogens with zero attached hydrogens (tertiary/aromatic N) is 4. The summed E-state index contributed by atoms with van der Waals surface area (Å²) in [7, 11) is -0.431. The Morgan fingerprint density at radius 1 is 1.05 bits per heavy atom. The Kier molecular flexibility index (Phi) is 10.3. The summed E-state index contributed by atoms with van der Waals surface area (Å²) in [5.41, 5.74) is 0.917. The minimum Gasteiger partial charge on any atom is -0.348 e. The van der Waals surface area contributed by atoms with E-state index in [0.29, 0.717) is 24.9 Å². The third kappa shape index (κ3) is 7.91. The first-order chi connectivity index (χ1) is 20.8. The van der Waals surface area contributed by atoms with Gasteiger partial charge in [0.15, 0.2) is 9.84 Å². The third-order valence-corrected chi connectivity index (χ3v) is 9.47. The lowest BCUT2D eigenvalue weighted by molar-refractivity contribution is -0.169. The summed E-state index contributed by atoms with van der Waals surface area (Å²) in [6, 6.07) is 11.0. The Hall–Kier alpha value is -4.04. The number of anilines is 1. The van der Waals surface area contributed by atoms with Gasteiger partial charge in [-0.3, -0.25) is 14.4 Å². The van der Waals surface area contributed by atoms with Crippen LogP contribution >= 0.6 is 0 Å². The van der Waals surface area contributed by atoms with Gasteiger partial charge in [-0.1, -0.05) is 31.2 Å². The molecule has 4 rings (SSSR count). The normalized spacial score (nSPS) is 17.3. The minimum atomic E-state index is -4.43. The molecule has 1 aromatic heterocycles. The molecule has 2 heterocycles. The van der Waals surface area contributed by atoms with E-state index >= 15 is 0 Å². The highest BCUT2D eigenvalue weighted by Gasteiger charge is 2.34. The fourth-order valence-electron chi connectivity index (χ4n) is 4.99. The molecule has 2 atom stereocenters. The first-order valence-corrected chi connectivity index (χ1v) is 15.6. The second-order valence-corrected chi connectivity index (χ2v) is 12.8. The number of halogens is 3. The number of nitrogens with one attached hydrogen (secondary N) is 1. The second-order valence-electron chi connectivity index (χ2n) is 10.5. The molecule has 1 fully saturated rings. The van der Waals surface area contributed by atoms with Gasteiger partial charge in [0.2, 0.25) is 11.9 Å². The molecule has 1 aliphatic rings. The smallest absolute Gasteiger partial charge is 0.348 e. The lowest BCUT2D eigenvalue weighted by Gasteiger charge is -2.40. The van der Waals surface area contributed by atoms with Crippen LogP contribution in [0.25, 0.3) is 0 Å². The third-order valence-electron chi connectivity index (χ3n) is 7.72. The van der Waals surface area contributed by atoms with Crippen molar-refractivity contribution in [1.82, 2.24) is 20.3 Å². The number of benzene rings is 2. The van der Waals surface area contributed by atoms with Crippen LogP contribution < -0.4 is 10.2 Å². The predicted molar refractivity (Wildman–Crippen MR) is 156 cm³/mol. The van der Waals surface area contributed by atoms with E-state index in [4.69, 9.17) is 4.84 Å². The van der Waals surface area contributed by atoms with Gasteiger partial charge >= 0.3 is 6.18 Å². The van der Waals surface area contributed by atoms with Crippen molar-refractivity contribution in [2.75, 3.05) is 31.4 Å². The molecule has 3 aromatic rings. The van der Waals surface area contributed by atoms with E-state index in [-0.39, 0.29) is 53.0 Å². The Balaban J connectivity index is 1.48. The van der Waals surface area contributed by atoms with E-state index in [2.05, 4.69) is 15.3 Å². The number of hydrogen-bond donors (Lipinski definition) is 1. The molecule has 236 valence electrons. The minimum absolute atomic E-state index is 0.00647. The molecule has 2 aromatic carbocycles. The molecule has 0 saturated carbocycles. The van der Waals surface area contributed by atoms with Crippen LogP contribution in [0.2, 0.25) is 0 Å². The molecule has 1 unspecified atom stereocenters. The molecule has 0 spiro atoms. The molecule has 0 bridgehead atoms. The summed E-state index contributed by atoms with van der Waals surface area (Å²) in [6.07, 6.45) is -0.386. The summed E-state index contributed by atoms with van der Waals surface area (Å²) in [5, 5.41) is 3.89. The standard InChI is InChI=1S/C30H34F3N5O5S/c1-4-44(41,42)26-13-5-20(6-14-26)16-34-28(40)23-17-35-29(36-18-23)38-19-22(9-12-25(38)15-27(39)37(2)43-3)21-7-10-24(11-8-21)30(31,32)33/h5-8,10-11,13-14,17-18,22,25H,4,9,12,15-16,19H2,1-3H3,(H,34,40)/t22?,25-/m0/s1. The van der Waals surface area contributed by atoms with Crippen molar-refractivity contribution >= 4 is 27.6 Å². The van der Waals surface area contributed by atoms with E-state index in [9.17, 15) is 31.2 Å². The Labute approximate surface area is 254 Å². The number of amides is 2. The maximum atomic E-state index is 13.1. The van der Waals surface area contributed by atoms with E-state index in [1.165, 1.54) is 50.8 Å². The Morgan fingerprint density at radius 2 is 1.68 bits per heavy atom. The number of piperidine rings is 1. The van der Waals surface area contributed by atoms with Crippen molar-refractivity contribution in [2.24, 2.45) is 0 Å². The molecule has 0 aliphatic carbocycles. The average Bonchev–Trinajstić information content (AvgIpc) is 3.03. The molecular weight excluding hydrogens is 599 g/mol. The number of carbonyl (C=O) groups excluding carboxylic acids is 2. The van der Waals surface area contributed by atoms with Crippen LogP contribution in [-0.4, -0.2) is 67.8 Å². The van der Waals surface area contributed by atoms with E-state index < -0.39 is 27.5 Å². The highest BCUT2D eigenvalue weighted by molar-refractivity contribution is 7.91. The second kappa shape index (κ2) is 13.7. The zero-order valence-corrected chi connectivity index (χ0v) is 25.4. The number of hydroxylamine groups is 2. The number of aromatic nitrogens is 2. The van der Waals surface area contributed by atoms with Crippen molar-refractivity contribution in [1.29, 1.82) is 0 Å². The van der Waals surface area contributed by atoms with Gasteiger partial charge in [0.25, 0.3) is 5.91 Å². The predicted octanol–water partition coefficient (Wildman–Crippen LogP) is 4.38. The fraction of sp³-hybridized carbons (Fsp3) is 0.400. The topological polar surface area (TPSA) is 122 Å². The Bertz CT molecular complexity index is 1550. The van der Waals surface area contributed by atoms with E-state index in [1.54, 1.807) is 19.1 Å². The summed E-state index contributed by atoms with van der Waals surface area (Å²) < 4.78 is 63.3. The largest absolute Gasteiger partial charge is 0.416 e. The van der Waals surface area contributed by atoms with Crippen LogP contribution in [0.1, 0.15) is 59.2 Å². The Morgan fingerprint density at radius 3 is 2.25 bits per heavy atom. The first-order valence-electron chi connectivity index (χ1n) is 14.0. The molecule has 14 heteroatoms. The van der Waals surface area contributed by atoms with Crippen LogP contribution in [0.3, 0.4) is 0 Å². The number of hydrogen-bond acceptors (Lipinski definition) is 8. The fourth-order valence-corrected chi connectivity index (χ4v) is 5.87. The van der Waals surface area contributed by atoms with Gasteiger partial charge < -0.3 is 10.2 Å². The monoisotopic (exact) mass is 633 g/mol. The molecular formula is C30H34F3N5O5S. The van der Waals surface area contributed by atoms with Crippen molar-refractivity contribution in [3.05, 3.63) is 83.2 Å². The molecule has 2 amide bonds. The van der Waals surface area contributed by atoms with E-state index in [0.717, 1.165) is 22.8 Å². The number of alkyl halides is 3. The van der Waals surface area contributed by atoms with Gasteiger partial charge in [-0.25, -0.2) is 23.4 Å². The van der Waals surface area contributed by atoms with Crippen LogP contribution in [-0.2, 0) is 32.2 Å². The molecule has 1 aliphatic heterocycles. The first kappa shape index (κ1) is 32.9. The van der Waals surface area contributed by atoms with Gasteiger partial charge in [0, 0.05) is 50.9 Å². The van der Waals surface area contributed by atoms with Crippen LogP contribution in [0.4, 0.5) is 19.1 Å². The molecule has 1 saturated heterocycles. The summed E-state index contributed by atoms with van der Waals surface area (Å²) in [6.45, 7) is 2.08. The quantitative estimate of drug-likeness (QED) is 0.327. The molecule has 0 radical (unpaired) electrons. The zero-order chi connectivity index (χ0) is 32.1. The van der Waals surface area contributed by atoms with Crippen LogP contribution in [0.15, 0.2) is 65.8 Å². The maximum absolute atomic E-state index is 13.1. The lowest BCUT2D eigenvalue weighted by atomic mass is 9.86. The number of rotatable bonds is 10. The van der Waals surface area contributed by atoms with E-state index in [1.807, 2.05) is 4.90 Å². The highest BCUT2D eigenvalue weighted by Crippen LogP contribution is 2.35.